The van der Waals surface area contributed by atoms with Gasteiger partial charge in [-0.15, -0.1) is 0 Å². The van der Waals surface area contributed by atoms with Crippen LogP contribution in [0.15, 0.2) is 54.6 Å². The maximum absolute atomic E-state index is 12.9. The molecule has 1 aliphatic rings. The third-order valence-corrected chi connectivity index (χ3v) is 4.59. The molecule has 1 aliphatic carbocycles. The van der Waals surface area contributed by atoms with Gasteiger partial charge in [-0.2, -0.15) is 0 Å². The van der Waals surface area contributed by atoms with Gasteiger partial charge in [0.15, 0.2) is 5.78 Å². The highest BCUT2D eigenvalue weighted by molar-refractivity contribution is 6.11. The molecule has 0 aliphatic heterocycles. The number of Topliss-reactive ketones (excluding diaryl/α,β-unsaturated/α-hetero) is 1. The average Bonchev–Trinajstić information content (AvgIpc) is 2.52. The molecule has 0 spiro atoms. The second kappa shape index (κ2) is 5.02. The Morgan fingerprint density at radius 1 is 0.870 bits per heavy atom. The van der Waals surface area contributed by atoms with Gasteiger partial charge in [-0.1, -0.05) is 62.4 Å². The van der Waals surface area contributed by atoms with Crippen molar-refractivity contribution in [2.24, 2.45) is 5.41 Å². The lowest BCUT2D eigenvalue weighted by atomic mass is 9.73. The van der Waals surface area contributed by atoms with Crippen LogP contribution in [0.5, 0.6) is 0 Å². The first-order valence-electron chi connectivity index (χ1n) is 8.05. The van der Waals surface area contributed by atoms with E-state index in [-0.39, 0.29) is 11.2 Å². The van der Waals surface area contributed by atoms with Gasteiger partial charge in [0.05, 0.1) is 11.2 Å². The van der Waals surface area contributed by atoms with E-state index in [1.165, 1.54) is 0 Å². The normalized spacial score (nSPS) is 16.3. The molecule has 0 saturated heterocycles. The minimum atomic E-state index is -0.0203. The standard InChI is InChI=1S/C21H19NO/c1-21(2)12-17-20(18(23)13-21)19(14-8-4-3-5-9-14)15-10-6-7-11-16(15)22-17/h3-11H,12-13H2,1-2H3. The number of aromatic nitrogens is 1. The van der Waals surface area contributed by atoms with Gasteiger partial charge in [0.25, 0.3) is 0 Å². The van der Waals surface area contributed by atoms with E-state index < -0.39 is 0 Å². The first-order valence-corrected chi connectivity index (χ1v) is 8.05. The quantitative estimate of drug-likeness (QED) is 0.629. The molecule has 0 bridgehead atoms. The van der Waals surface area contributed by atoms with Crippen molar-refractivity contribution in [3.05, 3.63) is 65.9 Å². The van der Waals surface area contributed by atoms with Crippen LogP contribution in [0.3, 0.4) is 0 Å². The largest absolute Gasteiger partial charge is 0.294 e. The van der Waals surface area contributed by atoms with Crippen LogP contribution < -0.4 is 0 Å². The van der Waals surface area contributed by atoms with Crippen LogP contribution in [-0.4, -0.2) is 10.8 Å². The van der Waals surface area contributed by atoms with E-state index >= 15 is 0 Å². The summed E-state index contributed by atoms with van der Waals surface area (Å²) >= 11 is 0. The lowest BCUT2D eigenvalue weighted by Crippen LogP contribution is -2.28. The number of hydrogen-bond acceptors (Lipinski definition) is 2. The van der Waals surface area contributed by atoms with Crippen molar-refractivity contribution in [2.45, 2.75) is 26.7 Å². The monoisotopic (exact) mass is 301 g/mol. The van der Waals surface area contributed by atoms with Gasteiger partial charge in [0, 0.05) is 22.9 Å². The summed E-state index contributed by atoms with van der Waals surface area (Å²) in [5.41, 5.74) is 4.86. The molecule has 114 valence electrons. The van der Waals surface area contributed by atoms with Crippen molar-refractivity contribution in [3.63, 3.8) is 0 Å². The number of pyridine rings is 1. The van der Waals surface area contributed by atoms with Crippen molar-refractivity contribution in [1.82, 2.24) is 4.98 Å². The summed E-state index contributed by atoms with van der Waals surface area (Å²) in [4.78, 5) is 17.7. The molecule has 2 nitrogen and oxygen atoms in total. The molecule has 0 saturated carbocycles. The molecule has 0 radical (unpaired) electrons. The van der Waals surface area contributed by atoms with Crippen LogP contribution in [0.2, 0.25) is 0 Å². The van der Waals surface area contributed by atoms with Crippen LogP contribution in [0.1, 0.15) is 36.3 Å². The predicted molar refractivity (Wildman–Crippen MR) is 93.6 cm³/mol. The fourth-order valence-corrected chi connectivity index (χ4v) is 3.63. The number of carbonyl (C=O) groups excluding carboxylic acids is 1. The van der Waals surface area contributed by atoms with E-state index in [0.717, 1.165) is 39.7 Å². The summed E-state index contributed by atoms with van der Waals surface area (Å²) in [6.45, 7) is 4.29. The number of nitrogens with zero attached hydrogens (tertiary/aromatic N) is 1. The fourth-order valence-electron chi connectivity index (χ4n) is 3.63. The van der Waals surface area contributed by atoms with Crippen LogP contribution in [0.4, 0.5) is 0 Å². The first-order chi connectivity index (χ1) is 11.1. The van der Waals surface area contributed by atoms with Crippen molar-refractivity contribution in [1.29, 1.82) is 0 Å². The molecule has 4 rings (SSSR count). The Bertz CT molecular complexity index is 910. The highest BCUT2D eigenvalue weighted by Gasteiger charge is 2.34. The van der Waals surface area contributed by atoms with Crippen LogP contribution in [0.25, 0.3) is 22.0 Å². The lowest BCUT2D eigenvalue weighted by molar-refractivity contribution is 0.0911. The Labute approximate surface area is 136 Å². The topological polar surface area (TPSA) is 30.0 Å². The number of hydrogen-bond donors (Lipinski definition) is 0. The Kier molecular flexibility index (Phi) is 3.08. The molecule has 0 N–H and O–H groups in total. The van der Waals surface area contributed by atoms with Crippen molar-refractivity contribution >= 4 is 16.7 Å². The number of benzene rings is 2. The van der Waals surface area contributed by atoms with E-state index in [2.05, 4.69) is 32.0 Å². The second-order valence-electron chi connectivity index (χ2n) is 7.13. The zero-order chi connectivity index (χ0) is 16.0. The summed E-state index contributed by atoms with van der Waals surface area (Å²) in [7, 11) is 0. The van der Waals surface area contributed by atoms with E-state index in [0.29, 0.717) is 6.42 Å². The summed E-state index contributed by atoms with van der Waals surface area (Å²) in [5.74, 6) is 0.216. The van der Waals surface area contributed by atoms with E-state index in [9.17, 15) is 4.79 Å². The highest BCUT2D eigenvalue weighted by Crippen LogP contribution is 2.41. The summed E-state index contributed by atoms with van der Waals surface area (Å²) in [6.07, 6.45) is 1.43. The minimum absolute atomic E-state index is 0.0203. The summed E-state index contributed by atoms with van der Waals surface area (Å²) in [5, 5.41) is 1.06. The zero-order valence-electron chi connectivity index (χ0n) is 13.5. The van der Waals surface area contributed by atoms with E-state index in [4.69, 9.17) is 4.98 Å². The van der Waals surface area contributed by atoms with Crippen LogP contribution in [0, 0.1) is 5.41 Å². The second-order valence-corrected chi connectivity index (χ2v) is 7.13. The number of fused-ring (bicyclic) bond motifs is 2. The molecule has 2 aromatic carbocycles. The van der Waals surface area contributed by atoms with Gasteiger partial charge in [0.1, 0.15) is 0 Å². The molecule has 23 heavy (non-hydrogen) atoms. The summed E-state index contributed by atoms with van der Waals surface area (Å²) in [6, 6.07) is 18.3. The number of carbonyl (C=O) groups is 1. The molecule has 0 fully saturated rings. The Morgan fingerprint density at radius 3 is 2.35 bits per heavy atom. The smallest absolute Gasteiger partial charge is 0.165 e. The third-order valence-electron chi connectivity index (χ3n) is 4.59. The minimum Gasteiger partial charge on any atom is -0.294 e. The average molecular weight is 301 g/mol. The number of ketones is 1. The maximum atomic E-state index is 12.9. The first kappa shape index (κ1) is 14.1. The predicted octanol–water partition coefficient (Wildman–Crippen LogP) is 5.06. The van der Waals surface area contributed by atoms with Crippen molar-refractivity contribution in [3.8, 4) is 11.1 Å². The Balaban J connectivity index is 2.11. The maximum Gasteiger partial charge on any atom is 0.165 e. The molecule has 0 atom stereocenters. The number of para-hydroxylation sites is 1. The molecule has 0 amide bonds. The third kappa shape index (κ3) is 2.35. The SMILES string of the molecule is CC1(C)CC(=O)c2c(nc3ccccc3c2-c2ccccc2)C1. The molecule has 1 heterocycles. The van der Waals surface area contributed by atoms with Gasteiger partial charge < -0.3 is 0 Å². The van der Waals surface area contributed by atoms with Gasteiger partial charge in [-0.3, -0.25) is 9.78 Å². The van der Waals surface area contributed by atoms with Gasteiger partial charge in [-0.05, 0) is 23.5 Å². The van der Waals surface area contributed by atoms with E-state index in [1.807, 2.05) is 36.4 Å². The molecule has 3 aromatic rings. The Morgan fingerprint density at radius 2 is 1.57 bits per heavy atom. The zero-order valence-corrected chi connectivity index (χ0v) is 13.5. The van der Waals surface area contributed by atoms with Gasteiger partial charge in [0.2, 0.25) is 0 Å². The molecular formula is C21H19NO. The molecule has 1 aromatic heterocycles. The lowest BCUT2D eigenvalue weighted by Gasteiger charge is -2.31. The molecular weight excluding hydrogens is 282 g/mol. The van der Waals surface area contributed by atoms with Gasteiger partial charge >= 0.3 is 0 Å². The highest BCUT2D eigenvalue weighted by atomic mass is 16.1. The van der Waals surface area contributed by atoms with Crippen LogP contribution >= 0.6 is 0 Å². The molecule has 2 heteroatoms. The van der Waals surface area contributed by atoms with Crippen molar-refractivity contribution < 1.29 is 4.79 Å². The summed E-state index contributed by atoms with van der Waals surface area (Å²) < 4.78 is 0. The Hall–Kier alpha value is -2.48. The van der Waals surface area contributed by atoms with Crippen molar-refractivity contribution in [2.75, 3.05) is 0 Å². The van der Waals surface area contributed by atoms with Gasteiger partial charge in [-0.25, -0.2) is 0 Å². The fraction of sp³-hybridized carbons (Fsp3) is 0.238. The number of rotatable bonds is 1. The van der Waals surface area contributed by atoms with Crippen LogP contribution in [-0.2, 0) is 6.42 Å². The van der Waals surface area contributed by atoms with E-state index in [1.54, 1.807) is 0 Å². The molecule has 0 unspecified atom stereocenters.